The molecule has 0 saturated carbocycles. The van der Waals surface area contributed by atoms with Crippen LogP contribution in [0.5, 0.6) is 5.75 Å². The molecule has 4 heteroatoms. The van der Waals surface area contributed by atoms with Gasteiger partial charge in [-0.25, -0.2) is 0 Å². The van der Waals surface area contributed by atoms with E-state index in [4.69, 9.17) is 10.5 Å². The maximum absolute atomic E-state index is 9.40. The number of aliphatic hydroxyl groups excluding tert-OH is 1. The highest BCUT2D eigenvalue weighted by atomic mass is 16.5. The van der Waals surface area contributed by atoms with E-state index in [1.165, 1.54) is 0 Å². The normalized spacial score (nSPS) is 11.9. The van der Waals surface area contributed by atoms with Crippen molar-refractivity contribution >= 4 is 11.4 Å². The van der Waals surface area contributed by atoms with Gasteiger partial charge in [0, 0.05) is 23.5 Å². The molecular formula is C16H20N2O2. The van der Waals surface area contributed by atoms with Gasteiger partial charge < -0.3 is 20.9 Å². The molecule has 2 aromatic carbocycles. The third kappa shape index (κ3) is 3.42. The quantitative estimate of drug-likeness (QED) is 0.732. The molecule has 1 atom stereocenters. The van der Waals surface area contributed by atoms with E-state index in [9.17, 15) is 5.11 Å². The fourth-order valence-electron chi connectivity index (χ4n) is 2.00. The average Bonchev–Trinajstić information content (AvgIpc) is 2.46. The van der Waals surface area contributed by atoms with Crippen LogP contribution in [0.25, 0.3) is 11.1 Å². The van der Waals surface area contributed by atoms with Crippen LogP contribution in [0.2, 0.25) is 0 Å². The Bertz CT molecular complexity index is 582. The summed E-state index contributed by atoms with van der Waals surface area (Å²) in [4.78, 5) is 0. The van der Waals surface area contributed by atoms with Gasteiger partial charge in [-0.05, 0) is 42.8 Å². The minimum atomic E-state index is -0.411. The van der Waals surface area contributed by atoms with Crippen LogP contribution in [0, 0.1) is 0 Å². The van der Waals surface area contributed by atoms with E-state index >= 15 is 0 Å². The highest BCUT2D eigenvalue weighted by Crippen LogP contribution is 2.32. The standard InChI is InChI=1S/C16H20N2O2/c1-11(19)10-18-16-7-6-13(17)9-15(16)12-4-3-5-14(8-12)20-2/h3-9,11,18-19H,10,17H2,1-2H3. The molecule has 1 unspecified atom stereocenters. The minimum Gasteiger partial charge on any atom is -0.497 e. The zero-order valence-corrected chi connectivity index (χ0v) is 11.8. The number of ether oxygens (including phenoxy) is 1. The van der Waals surface area contributed by atoms with Gasteiger partial charge in [-0.2, -0.15) is 0 Å². The van der Waals surface area contributed by atoms with Crippen molar-refractivity contribution in [3.05, 3.63) is 42.5 Å². The van der Waals surface area contributed by atoms with Crippen LogP contribution < -0.4 is 15.8 Å². The molecule has 0 fully saturated rings. The summed E-state index contributed by atoms with van der Waals surface area (Å²) < 4.78 is 5.25. The van der Waals surface area contributed by atoms with Crippen molar-refractivity contribution < 1.29 is 9.84 Å². The highest BCUT2D eigenvalue weighted by Gasteiger charge is 2.07. The van der Waals surface area contributed by atoms with Crippen molar-refractivity contribution in [3.8, 4) is 16.9 Å². The number of nitrogens with one attached hydrogen (secondary N) is 1. The van der Waals surface area contributed by atoms with Crippen molar-refractivity contribution in [2.24, 2.45) is 0 Å². The summed E-state index contributed by atoms with van der Waals surface area (Å²) in [7, 11) is 1.64. The van der Waals surface area contributed by atoms with Crippen molar-refractivity contribution in [1.29, 1.82) is 0 Å². The lowest BCUT2D eigenvalue weighted by molar-refractivity contribution is 0.208. The van der Waals surface area contributed by atoms with Crippen LogP contribution in [0.1, 0.15) is 6.92 Å². The number of hydrogen-bond donors (Lipinski definition) is 3. The van der Waals surface area contributed by atoms with Gasteiger partial charge >= 0.3 is 0 Å². The molecule has 2 rings (SSSR count). The Morgan fingerprint density at radius 2 is 2.05 bits per heavy atom. The number of anilines is 2. The van der Waals surface area contributed by atoms with E-state index in [1.54, 1.807) is 14.0 Å². The summed E-state index contributed by atoms with van der Waals surface area (Å²) in [5, 5.41) is 12.6. The second-order valence-corrected chi connectivity index (χ2v) is 4.77. The molecule has 0 heterocycles. The van der Waals surface area contributed by atoms with Gasteiger partial charge in [0.25, 0.3) is 0 Å². The van der Waals surface area contributed by atoms with E-state index in [0.717, 1.165) is 22.6 Å². The number of hydrogen-bond acceptors (Lipinski definition) is 4. The number of benzene rings is 2. The van der Waals surface area contributed by atoms with Crippen LogP contribution in [-0.2, 0) is 0 Å². The largest absolute Gasteiger partial charge is 0.497 e. The van der Waals surface area contributed by atoms with Crippen molar-refractivity contribution in [1.82, 2.24) is 0 Å². The Morgan fingerprint density at radius 1 is 1.25 bits per heavy atom. The first-order valence-corrected chi connectivity index (χ1v) is 6.56. The van der Waals surface area contributed by atoms with E-state index < -0.39 is 6.10 Å². The summed E-state index contributed by atoms with van der Waals surface area (Å²) in [5.74, 6) is 0.798. The maximum Gasteiger partial charge on any atom is 0.119 e. The van der Waals surface area contributed by atoms with Gasteiger partial charge in [-0.15, -0.1) is 0 Å². The number of aliphatic hydroxyl groups is 1. The molecule has 20 heavy (non-hydrogen) atoms. The molecule has 4 nitrogen and oxygen atoms in total. The minimum absolute atomic E-state index is 0.411. The third-order valence-corrected chi connectivity index (χ3v) is 3.01. The molecule has 0 saturated heterocycles. The topological polar surface area (TPSA) is 67.5 Å². The first kappa shape index (κ1) is 14.2. The Hall–Kier alpha value is -2.20. The molecule has 0 radical (unpaired) electrons. The van der Waals surface area contributed by atoms with E-state index in [1.807, 2.05) is 42.5 Å². The van der Waals surface area contributed by atoms with Crippen LogP contribution in [0.3, 0.4) is 0 Å². The average molecular weight is 272 g/mol. The molecule has 0 amide bonds. The van der Waals surface area contributed by atoms with E-state index in [-0.39, 0.29) is 0 Å². The molecule has 0 spiro atoms. The second-order valence-electron chi connectivity index (χ2n) is 4.77. The first-order valence-electron chi connectivity index (χ1n) is 6.56. The highest BCUT2D eigenvalue weighted by molar-refractivity contribution is 5.81. The number of nitrogen functional groups attached to an aromatic ring is 1. The van der Waals surface area contributed by atoms with Gasteiger partial charge in [-0.3, -0.25) is 0 Å². The second kappa shape index (κ2) is 6.30. The zero-order chi connectivity index (χ0) is 14.5. The predicted molar refractivity (Wildman–Crippen MR) is 83.0 cm³/mol. The van der Waals surface area contributed by atoms with Gasteiger partial charge in [0.05, 0.1) is 13.2 Å². The number of rotatable bonds is 5. The summed E-state index contributed by atoms with van der Waals surface area (Å²) in [6, 6.07) is 13.5. The lowest BCUT2D eigenvalue weighted by Crippen LogP contribution is -2.15. The Balaban J connectivity index is 2.39. The molecule has 0 aliphatic rings. The first-order chi connectivity index (χ1) is 9.60. The molecule has 0 aliphatic carbocycles. The predicted octanol–water partition coefficient (Wildman–Crippen LogP) is 2.74. The molecule has 0 bridgehead atoms. The van der Waals surface area contributed by atoms with Crippen molar-refractivity contribution in [3.63, 3.8) is 0 Å². The van der Waals surface area contributed by atoms with Crippen molar-refractivity contribution in [2.75, 3.05) is 24.7 Å². The van der Waals surface area contributed by atoms with Gasteiger partial charge in [0.1, 0.15) is 5.75 Å². The zero-order valence-electron chi connectivity index (χ0n) is 11.8. The Morgan fingerprint density at radius 3 is 2.75 bits per heavy atom. The third-order valence-electron chi connectivity index (χ3n) is 3.01. The van der Waals surface area contributed by atoms with Crippen LogP contribution >= 0.6 is 0 Å². The van der Waals surface area contributed by atoms with E-state index in [0.29, 0.717) is 12.2 Å². The van der Waals surface area contributed by atoms with Gasteiger partial charge in [-0.1, -0.05) is 12.1 Å². The van der Waals surface area contributed by atoms with Gasteiger partial charge in [0.2, 0.25) is 0 Å². The van der Waals surface area contributed by atoms with Crippen LogP contribution in [0.15, 0.2) is 42.5 Å². The smallest absolute Gasteiger partial charge is 0.119 e. The monoisotopic (exact) mass is 272 g/mol. The lowest BCUT2D eigenvalue weighted by Gasteiger charge is -2.15. The Kier molecular flexibility index (Phi) is 4.48. The summed E-state index contributed by atoms with van der Waals surface area (Å²) >= 11 is 0. The number of nitrogens with two attached hydrogens (primary N) is 1. The molecule has 0 aromatic heterocycles. The molecular weight excluding hydrogens is 252 g/mol. The van der Waals surface area contributed by atoms with E-state index in [2.05, 4.69) is 5.32 Å². The number of methoxy groups -OCH3 is 1. The summed E-state index contributed by atoms with van der Waals surface area (Å²) in [6.07, 6.45) is -0.411. The fraction of sp³-hybridized carbons (Fsp3) is 0.250. The fourth-order valence-corrected chi connectivity index (χ4v) is 2.00. The van der Waals surface area contributed by atoms with Crippen LogP contribution in [-0.4, -0.2) is 24.9 Å². The maximum atomic E-state index is 9.40. The van der Waals surface area contributed by atoms with Crippen molar-refractivity contribution in [2.45, 2.75) is 13.0 Å². The molecule has 4 N–H and O–H groups in total. The van der Waals surface area contributed by atoms with Gasteiger partial charge in [0.15, 0.2) is 0 Å². The SMILES string of the molecule is COc1cccc(-c2cc(N)ccc2NCC(C)O)c1. The summed E-state index contributed by atoms with van der Waals surface area (Å²) in [6.45, 7) is 2.23. The lowest BCUT2D eigenvalue weighted by atomic mass is 10.0. The summed E-state index contributed by atoms with van der Waals surface area (Å²) in [5.41, 5.74) is 9.53. The van der Waals surface area contributed by atoms with Crippen LogP contribution in [0.4, 0.5) is 11.4 Å². The molecule has 0 aliphatic heterocycles. The molecule has 2 aromatic rings. The molecule has 106 valence electrons. The Labute approximate surface area is 119 Å².